The molecule has 2 heterocycles. The van der Waals surface area contributed by atoms with Gasteiger partial charge in [0.2, 0.25) is 0 Å². The zero-order chi connectivity index (χ0) is 14.0. The van der Waals surface area contributed by atoms with Crippen molar-refractivity contribution < 1.29 is 14.3 Å². The molecule has 0 atom stereocenters. The van der Waals surface area contributed by atoms with Crippen LogP contribution in [0.4, 0.5) is 0 Å². The SMILES string of the molecule is CNC(=O)c1nc(-c2ccc(C(=O)OC)s2)[nH]c1C. The smallest absolute Gasteiger partial charge is 0.348 e. The number of methoxy groups -OCH3 is 1. The Morgan fingerprint density at radius 1 is 1.42 bits per heavy atom. The molecule has 0 aliphatic carbocycles. The lowest BCUT2D eigenvalue weighted by molar-refractivity contribution is 0.0606. The van der Waals surface area contributed by atoms with E-state index in [-0.39, 0.29) is 11.9 Å². The second kappa shape index (κ2) is 5.23. The van der Waals surface area contributed by atoms with Gasteiger partial charge in [0.1, 0.15) is 16.4 Å². The van der Waals surface area contributed by atoms with Crippen molar-refractivity contribution in [2.24, 2.45) is 0 Å². The monoisotopic (exact) mass is 279 g/mol. The summed E-state index contributed by atoms with van der Waals surface area (Å²) in [5.41, 5.74) is 1.04. The third-order valence-corrected chi connectivity index (χ3v) is 3.62. The molecule has 0 aliphatic rings. The number of carbonyl (C=O) groups is 2. The van der Waals surface area contributed by atoms with Crippen molar-refractivity contribution in [2.45, 2.75) is 6.92 Å². The Kier molecular flexibility index (Phi) is 3.66. The summed E-state index contributed by atoms with van der Waals surface area (Å²) < 4.78 is 4.65. The topological polar surface area (TPSA) is 84.1 Å². The Bertz CT molecular complexity index is 630. The highest BCUT2D eigenvalue weighted by atomic mass is 32.1. The first-order chi connectivity index (χ1) is 9.06. The molecular weight excluding hydrogens is 266 g/mol. The van der Waals surface area contributed by atoms with Crippen molar-refractivity contribution in [1.82, 2.24) is 15.3 Å². The molecule has 0 bridgehead atoms. The van der Waals surface area contributed by atoms with E-state index >= 15 is 0 Å². The number of thiophene rings is 1. The fraction of sp³-hybridized carbons (Fsp3) is 0.250. The second-order valence-corrected chi connectivity index (χ2v) is 4.88. The van der Waals surface area contributed by atoms with Gasteiger partial charge >= 0.3 is 5.97 Å². The normalized spacial score (nSPS) is 10.3. The number of aromatic nitrogens is 2. The Labute approximate surface area is 113 Å². The van der Waals surface area contributed by atoms with Crippen molar-refractivity contribution in [3.05, 3.63) is 28.4 Å². The maximum Gasteiger partial charge on any atom is 0.348 e. The van der Waals surface area contributed by atoms with Gasteiger partial charge in [-0.3, -0.25) is 4.79 Å². The van der Waals surface area contributed by atoms with Crippen molar-refractivity contribution in [3.8, 4) is 10.7 Å². The van der Waals surface area contributed by atoms with Crippen LogP contribution in [0.1, 0.15) is 25.9 Å². The largest absolute Gasteiger partial charge is 0.465 e. The average molecular weight is 279 g/mol. The van der Waals surface area contributed by atoms with Gasteiger partial charge in [0.15, 0.2) is 0 Å². The van der Waals surface area contributed by atoms with Crippen LogP contribution >= 0.6 is 11.3 Å². The summed E-state index contributed by atoms with van der Waals surface area (Å²) >= 11 is 1.26. The third-order valence-electron chi connectivity index (χ3n) is 2.55. The zero-order valence-electron chi connectivity index (χ0n) is 10.7. The Balaban J connectivity index is 2.35. The molecule has 2 rings (SSSR count). The predicted molar refractivity (Wildman–Crippen MR) is 71.4 cm³/mol. The number of hydrogen-bond acceptors (Lipinski definition) is 5. The molecule has 7 heteroatoms. The summed E-state index contributed by atoms with van der Waals surface area (Å²) in [5, 5.41) is 2.53. The highest BCUT2D eigenvalue weighted by Crippen LogP contribution is 2.27. The lowest BCUT2D eigenvalue weighted by atomic mass is 10.3. The molecular formula is C12H13N3O3S. The number of ether oxygens (including phenoxy) is 1. The Hall–Kier alpha value is -2.15. The molecule has 0 spiro atoms. The number of H-pyrrole nitrogens is 1. The van der Waals surface area contributed by atoms with Crippen LogP contribution in [0.5, 0.6) is 0 Å². The molecule has 2 N–H and O–H groups in total. The summed E-state index contributed by atoms with van der Waals surface area (Å²) in [6, 6.07) is 3.44. The molecule has 0 saturated heterocycles. The van der Waals surface area contributed by atoms with Crippen LogP contribution in [0.2, 0.25) is 0 Å². The van der Waals surface area contributed by atoms with E-state index in [1.54, 1.807) is 26.1 Å². The molecule has 0 aliphatic heterocycles. The van der Waals surface area contributed by atoms with Gasteiger partial charge in [-0.1, -0.05) is 0 Å². The number of hydrogen-bond donors (Lipinski definition) is 2. The van der Waals surface area contributed by atoms with Crippen LogP contribution in [-0.4, -0.2) is 36.0 Å². The minimum Gasteiger partial charge on any atom is -0.465 e. The standard InChI is InChI=1S/C12H13N3O3S/c1-6-9(11(16)13-2)15-10(14-6)7-4-5-8(19-7)12(17)18-3/h4-5H,1-3H3,(H,13,16)(H,14,15). The van der Waals surface area contributed by atoms with Crippen LogP contribution in [0.15, 0.2) is 12.1 Å². The second-order valence-electron chi connectivity index (χ2n) is 3.79. The van der Waals surface area contributed by atoms with Crippen molar-refractivity contribution in [3.63, 3.8) is 0 Å². The third kappa shape index (κ3) is 2.50. The van der Waals surface area contributed by atoms with Gasteiger partial charge in [0.25, 0.3) is 5.91 Å². The van der Waals surface area contributed by atoms with Gasteiger partial charge in [-0.2, -0.15) is 0 Å². The summed E-state index contributed by atoms with van der Waals surface area (Å²) in [6.07, 6.45) is 0. The number of esters is 1. The highest BCUT2D eigenvalue weighted by molar-refractivity contribution is 7.17. The van der Waals surface area contributed by atoms with Gasteiger partial charge in [-0.15, -0.1) is 11.3 Å². The summed E-state index contributed by atoms with van der Waals surface area (Å²) in [6.45, 7) is 1.77. The van der Waals surface area contributed by atoms with E-state index in [9.17, 15) is 9.59 Å². The molecule has 0 fully saturated rings. The first kappa shape index (κ1) is 13.3. The molecule has 100 valence electrons. The first-order valence-corrected chi connectivity index (χ1v) is 6.35. The Morgan fingerprint density at radius 2 is 2.16 bits per heavy atom. The van der Waals surface area contributed by atoms with Crippen LogP contribution < -0.4 is 5.32 Å². The molecule has 2 aromatic rings. The maximum atomic E-state index is 11.6. The number of nitrogens with zero attached hydrogens (tertiary/aromatic N) is 1. The highest BCUT2D eigenvalue weighted by Gasteiger charge is 2.17. The van der Waals surface area contributed by atoms with E-state index in [4.69, 9.17) is 0 Å². The van der Waals surface area contributed by atoms with Gasteiger partial charge in [-0.25, -0.2) is 9.78 Å². The minimum absolute atomic E-state index is 0.246. The molecule has 6 nitrogen and oxygen atoms in total. The summed E-state index contributed by atoms with van der Waals surface area (Å²) in [7, 11) is 2.89. The van der Waals surface area contributed by atoms with Gasteiger partial charge in [0, 0.05) is 12.7 Å². The van der Waals surface area contributed by atoms with E-state index in [0.29, 0.717) is 22.1 Å². The van der Waals surface area contributed by atoms with Crippen LogP contribution in [0, 0.1) is 6.92 Å². The molecule has 1 amide bonds. The molecule has 0 aromatic carbocycles. The summed E-state index contributed by atoms with van der Waals surface area (Å²) in [5.74, 6) is -0.0629. The number of rotatable bonds is 3. The van der Waals surface area contributed by atoms with Crippen molar-refractivity contribution in [1.29, 1.82) is 0 Å². The molecule has 0 radical (unpaired) electrons. The van der Waals surface area contributed by atoms with Crippen molar-refractivity contribution in [2.75, 3.05) is 14.2 Å². The Morgan fingerprint density at radius 3 is 2.79 bits per heavy atom. The lowest BCUT2D eigenvalue weighted by Gasteiger charge is -1.93. The van der Waals surface area contributed by atoms with Gasteiger partial charge in [-0.05, 0) is 19.1 Å². The fourth-order valence-electron chi connectivity index (χ4n) is 1.59. The number of nitrogens with one attached hydrogen (secondary N) is 2. The molecule has 19 heavy (non-hydrogen) atoms. The number of amides is 1. The number of imidazole rings is 1. The number of carbonyl (C=O) groups excluding carboxylic acids is 2. The lowest BCUT2D eigenvalue weighted by Crippen LogP contribution is -2.19. The van der Waals surface area contributed by atoms with Crippen LogP contribution in [-0.2, 0) is 4.74 Å². The van der Waals surface area contributed by atoms with E-state index in [0.717, 1.165) is 4.88 Å². The molecule has 2 aromatic heterocycles. The summed E-state index contributed by atoms with van der Waals surface area (Å²) in [4.78, 5) is 31.5. The predicted octanol–water partition coefficient (Wildman–Crippen LogP) is 1.59. The fourth-order valence-corrected chi connectivity index (χ4v) is 2.46. The van der Waals surface area contributed by atoms with E-state index < -0.39 is 0 Å². The zero-order valence-corrected chi connectivity index (χ0v) is 11.6. The number of aromatic amines is 1. The quantitative estimate of drug-likeness (QED) is 0.836. The number of aryl methyl sites for hydroxylation is 1. The maximum absolute atomic E-state index is 11.6. The van der Waals surface area contributed by atoms with Gasteiger partial charge < -0.3 is 15.0 Å². The first-order valence-electron chi connectivity index (χ1n) is 5.54. The van der Waals surface area contributed by atoms with Crippen molar-refractivity contribution >= 4 is 23.2 Å². The average Bonchev–Trinajstić information content (AvgIpc) is 3.03. The van der Waals surface area contributed by atoms with Gasteiger partial charge in [0.05, 0.1) is 12.0 Å². The molecule has 0 saturated carbocycles. The molecule has 0 unspecified atom stereocenters. The van der Waals surface area contributed by atoms with E-state index in [1.165, 1.54) is 18.4 Å². The van der Waals surface area contributed by atoms with Crippen LogP contribution in [0.25, 0.3) is 10.7 Å². The minimum atomic E-state index is -0.383. The van der Waals surface area contributed by atoms with E-state index in [1.807, 2.05) is 0 Å². The van der Waals surface area contributed by atoms with E-state index in [2.05, 4.69) is 20.0 Å². The van der Waals surface area contributed by atoms with Crippen LogP contribution in [0.3, 0.4) is 0 Å².